The molecule has 0 radical (unpaired) electrons. The molecule has 6 heteroatoms. The molecule has 2 N–H and O–H groups in total. The van der Waals surface area contributed by atoms with E-state index in [9.17, 15) is 14.4 Å². The summed E-state index contributed by atoms with van der Waals surface area (Å²) in [5.74, 6) is 1.61. The van der Waals surface area contributed by atoms with Gasteiger partial charge in [0.15, 0.2) is 0 Å². The Kier molecular flexibility index (Phi) is 5.13. The summed E-state index contributed by atoms with van der Waals surface area (Å²) < 4.78 is 4.67. The number of benzene rings is 1. The molecular formula is C22H28N2O4. The lowest BCUT2D eigenvalue weighted by atomic mass is 9.49. The van der Waals surface area contributed by atoms with Gasteiger partial charge >= 0.3 is 5.97 Å². The van der Waals surface area contributed by atoms with Gasteiger partial charge in [0, 0.05) is 12.0 Å². The van der Waals surface area contributed by atoms with Crippen LogP contribution in [-0.2, 0) is 20.9 Å². The molecule has 28 heavy (non-hydrogen) atoms. The molecule has 2 amide bonds. The molecule has 1 aromatic carbocycles. The predicted molar refractivity (Wildman–Crippen MR) is 103 cm³/mol. The molecule has 4 aliphatic carbocycles. The first-order valence-electron chi connectivity index (χ1n) is 10.2. The zero-order valence-corrected chi connectivity index (χ0v) is 16.3. The van der Waals surface area contributed by atoms with Crippen molar-refractivity contribution in [1.82, 2.24) is 10.6 Å². The van der Waals surface area contributed by atoms with Crippen LogP contribution in [0.4, 0.5) is 0 Å². The third-order valence-corrected chi connectivity index (χ3v) is 6.79. The van der Waals surface area contributed by atoms with Gasteiger partial charge in [-0.3, -0.25) is 9.59 Å². The van der Waals surface area contributed by atoms with Crippen LogP contribution in [0.5, 0.6) is 0 Å². The number of methoxy groups -OCH3 is 1. The molecule has 0 atom stereocenters. The highest BCUT2D eigenvalue weighted by Crippen LogP contribution is 2.60. The van der Waals surface area contributed by atoms with E-state index < -0.39 is 0 Å². The average molecular weight is 384 g/mol. The molecule has 150 valence electrons. The maximum Gasteiger partial charge on any atom is 0.337 e. The van der Waals surface area contributed by atoms with Crippen LogP contribution in [0.3, 0.4) is 0 Å². The van der Waals surface area contributed by atoms with Crippen molar-refractivity contribution in [3.63, 3.8) is 0 Å². The van der Waals surface area contributed by atoms with E-state index in [4.69, 9.17) is 0 Å². The largest absolute Gasteiger partial charge is 0.465 e. The fourth-order valence-corrected chi connectivity index (χ4v) is 5.88. The molecule has 0 heterocycles. The quantitative estimate of drug-likeness (QED) is 0.738. The fraction of sp³-hybridized carbons (Fsp3) is 0.591. The van der Waals surface area contributed by atoms with Crippen molar-refractivity contribution in [2.24, 2.45) is 23.2 Å². The van der Waals surface area contributed by atoms with Gasteiger partial charge in [0.05, 0.1) is 19.2 Å². The average Bonchev–Trinajstić information content (AvgIpc) is 2.69. The number of amides is 2. The molecule has 4 bridgehead atoms. The number of hydrogen-bond acceptors (Lipinski definition) is 4. The molecule has 4 aliphatic rings. The maximum absolute atomic E-state index is 12.9. The van der Waals surface area contributed by atoms with Crippen LogP contribution in [0.1, 0.15) is 54.4 Å². The molecule has 0 spiro atoms. The molecule has 6 nitrogen and oxygen atoms in total. The van der Waals surface area contributed by atoms with Crippen LogP contribution in [-0.4, -0.2) is 31.4 Å². The van der Waals surface area contributed by atoms with Crippen LogP contribution < -0.4 is 10.6 Å². The highest BCUT2D eigenvalue weighted by Gasteiger charge is 2.54. The lowest BCUT2D eigenvalue weighted by Crippen LogP contribution is -2.54. The van der Waals surface area contributed by atoms with E-state index >= 15 is 0 Å². The molecule has 4 saturated carbocycles. The number of hydrogen-bond donors (Lipinski definition) is 2. The Morgan fingerprint density at radius 3 is 2.07 bits per heavy atom. The Morgan fingerprint density at radius 1 is 0.964 bits per heavy atom. The number of ether oxygens (including phenoxy) is 1. The van der Waals surface area contributed by atoms with Crippen molar-refractivity contribution in [3.05, 3.63) is 35.4 Å². The second-order valence-corrected chi connectivity index (χ2v) is 8.85. The summed E-state index contributed by atoms with van der Waals surface area (Å²) in [6.45, 7) is 0.369. The summed E-state index contributed by atoms with van der Waals surface area (Å²) in [6, 6.07) is 6.89. The van der Waals surface area contributed by atoms with E-state index in [0.717, 1.165) is 24.8 Å². The monoisotopic (exact) mass is 384 g/mol. The Labute approximate surface area is 165 Å². The lowest BCUT2D eigenvalue weighted by molar-refractivity contribution is -0.147. The van der Waals surface area contributed by atoms with Crippen molar-refractivity contribution >= 4 is 17.8 Å². The van der Waals surface area contributed by atoms with Crippen molar-refractivity contribution in [1.29, 1.82) is 0 Å². The zero-order valence-electron chi connectivity index (χ0n) is 16.3. The minimum atomic E-state index is -0.386. The summed E-state index contributed by atoms with van der Waals surface area (Å²) in [4.78, 5) is 36.5. The minimum Gasteiger partial charge on any atom is -0.465 e. The van der Waals surface area contributed by atoms with Crippen molar-refractivity contribution in [2.75, 3.05) is 13.7 Å². The Hall–Kier alpha value is -2.37. The molecule has 0 saturated heterocycles. The highest BCUT2D eigenvalue weighted by atomic mass is 16.5. The molecular weight excluding hydrogens is 356 g/mol. The van der Waals surface area contributed by atoms with Gasteiger partial charge in [-0.1, -0.05) is 12.1 Å². The van der Waals surface area contributed by atoms with Crippen molar-refractivity contribution in [2.45, 2.75) is 45.1 Å². The fourth-order valence-electron chi connectivity index (χ4n) is 5.88. The topological polar surface area (TPSA) is 84.5 Å². The van der Waals surface area contributed by atoms with Gasteiger partial charge in [-0.2, -0.15) is 0 Å². The van der Waals surface area contributed by atoms with E-state index in [1.54, 1.807) is 24.3 Å². The van der Waals surface area contributed by atoms with Gasteiger partial charge in [-0.25, -0.2) is 4.79 Å². The van der Waals surface area contributed by atoms with E-state index in [-0.39, 0.29) is 29.7 Å². The standard InChI is InChI=1S/C22H28N2O4/c1-28-20(26)18-4-2-14(3-5-18)12-23-19(25)13-24-21(27)22-9-15-6-16(10-22)8-17(7-15)11-22/h2-5,15-17H,6-13H2,1H3,(H,23,25)(H,24,27). The number of esters is 1. The zero-order chi connectivity index (χ0) is 19.7. The lowest BCUT2D eigenvalue weighted by Gasteiger charge is -2.55. The molecule has 4 fully saturated rings. The second kappa shape index (κ2) is 7.57. The third kappa shape index (κ3) is 3.77. The Balaban J connectivity index is 1.25. The van der Waals surface area contributed by atoms with Gasteiger partial charge in [0.1, 0.15) is 0 Å². The normalized spacial score (nSPS) is 30.0. The minimum absolute atomic E-state index is 0.0147. The summed E-state index contributed by atoms with van der Waals surface area (Å²) in [5, 5.41) is 5.72. The maximum atomic E-state index is 12.9. The predicted octanol–water partition coefficient (Wildman–Crippen LogP) is 2.42. The van der Waals surface area contributed by atoms with E-state index in [1.807, 2.05) is 0 Å². The Bertz CT molecular complexity index is 736. The second-order valence-electron chi connectivity index (χ2n) is 8.85. The van der Waals surface area contributed by atoms with Crippen molar-refractivity contribution in [3.8, 4) is 0 Å². The first-order chi connectivity index (χ1) is 13.5. The number of nitrogens with one attached hydrogen (secondary N) is 2. The Morgan fingerprint density at radius 2 is 1.54 bits per heavy atom. The molecule has 0 aliphatic heterocycles. The van der Waals surface area contributed by atoms with Crippen molar-refractivity contribution < 1.29 is 19.1 Å². The summed E-state index contributed by atoms with van der Waals surface area (Å²) in [7, 11) is 1.34. The van der Waals surface area contributed by atoms with Crippen LogP contribution >= 0.6 is 0 Å². The molecule has 1 aromatic rings. The summed E-state index contributed by atoms with van der Waals surface area (Å²) in [6.07, 6.45) is 6.88. The van der Waals surface area contributed by atoms with Crippen LogP contribution in [0.2, 0.25) is 0 Å². The van der Waals surface area contributed by atoms with Gasteiger partial charge < -0.3 is 15.4 Å². The SMILES string of the molecule is COC(=O)c1ccc(CNC(=O)CNC(=O)C23CC4CC(CC(C4)C2)C3)cc1. The van der Waals surface area contributed by atoms with Gasteiger partial charge in [0.2, 0.25) is 11.8 Å². The third-order valence-electron chi connectivity index (χ3n) is 6.79. The molecule has 5 rings (SSSR count). The van der Waals surface area contributed by atoms with Crippen LogP contribution in [0, 0.1) is 23.2 Å². The first kappa shape index (κ1) is 19.0. The summed E-state index contributed by atoms with van der Waals surface area (Å²) in [5.41, 5.74) is 1.13. The number of carbonyl (C=O) groups excluding carboxylic acids is 3. The van der Waals surface area contributed by atoms with E-state index in [0.29, 0.717) is 29.9 Å². The number of carbonyl (C=O) groups is 3. The van der Waals surface area contributed by atoms with Gasteiger partial charge in [-0.05, 0) is 74.0 Å². The van der Waals surface area contributed by atoms with Crippen LogP contribution in [0.25, 0.3) is 0 Å². The first-order valence-corrected chi connectivity index (χ1v) is 10.2. The van der Waals surface area contributed by atoms with Crippen LogP contribution in [0.15, 0.2) is 24.3 Å². The van der Waals surface area contributed by atoms with E-state index in [1.165, 1.54) is 26.4 Å². The van der Waals surface area contributed by atoms with Gasteiger partial charge in [-0.15, -0.1) is 0 Å². The van der Waals surface area contributed by atoms with Gasteiger partial charge in [0.25, 0.3) is 0 Å². The molecule has 0 aromatic heterocycles. The smallest absolute Gasteiger partial charge is 0.337 e. The summed E-state index contributed by atoms with van der Waals surface area (Å²) >= 11 is 0. The number of rotatable bonds is 6. The molecule has 0 unspecified atom stereocenters. The van der Waals surface area contributed by atoms with E-state index in [2.05, 4.69) is 15.4 Å². The highest BCUT2D eigenvalue weighted by molar-refractivity contribution is 5.89.